The minimum absolute atomic E-state index is 0.760. The molecule has 0 aromatic rings. The van der Waals surface area contributed by atoms with Gasteiger partial charge in [-0.05, 0) is 43.6 Å². The molecule has 0 aliphatic heterocycles. The van der Waals surface area contributed by atoms with Gasteiger partial charge in [-0.3, -0.25) is 0 Å². The Morgan fingerprint density at radius 2 is 2.00 bits per heavy atom. The van der Waals surface area contributed by atoms with Gasteiger partial charge in [0.15, 0.2) is 0 Å². The van der Waals surface area contributed by atoms with Crippen LogP contribution in [-0.4, -0.2) is 6.54 Å². The van der Waals surface area contributed by atoms with Crippen molar-refractivity contribution < 1.29 is 0 Å². The number of nitrogens with two attached hydrogens (primary N) is 1. The molecule has 0 spiro atoms. The standard InChI is InChI=1S/C9H17N/c10-6-5-9(3-4-9)7-8-1-2-8/h8H,1-7,10H2. The Labute approximate surface area is 63.0 Å². The fourth-order valence-electron chi connectivity index (χ4n) is 1.97. The molecule has 2 fully saturated rings. The van der Waals surface area contributed by atoms with Crippen LogP contribution in [0, 0.1) is 11.3 Å². The van der Waals surface area contributed by atoms with E-state index in [1.54, 1.807) is 0 Å². The lowest BCUT2D eigenvalue weighted by molar-refractivity contribution is 0.409. The van der Waals surface area contributed by atoms with Crippen molar-refractivity contribution in [3.63, 3.8) is 0 Å². The zero-order chi connectivity index (χ0) is 7.03. The van der Waals surface area contributed by atoms with Crippen LogP contribution >= 0.6 is 0 Å². The van der Waals surface area contributed by atoms with Gasteiger partial charge in [-0.1, -0.05) is 12.8 Å². The molecule has 0 bridgehead atoms. The average molecular weight is 139 g/mol. The summed E-state index contributed by atoms with van der Waals surface area (Å²) >= 11 is 0. The van der Waals surface area contributed by atoms with Crippen molar-refractivity contribution in [3.8, 4) is 0 Å². The first-order chi connectivity index (χ1) is 4.85. The summed E-state index contributed by atoms with van der Waals surface area (Å²) in [5.74, 6) is 1.11. The molecule has 2 rings (SSSR count). The summed E-state index contributed by atoms with van der Waals surface area (Å²) in [4.78, 5) is 0. The minimum atomic E-state index is 0.760. The van der Waals surface area contributed by atoms with Gasteiger partial charge in [-0.2, -0.15) is 0 Å². The highest BCUT2D eigenvalue weighted by Crippen LogP contribution is 2.56. The van der Waals surface area contributed by atoms with Crippen LogP contribution in [0.25, 0.3) is 0 Å². The monoisotopic (exact) mass is 139 g/mol. The molecule has 0 amide bonds. The zero-order valence-corrected chi connectivity index (χ0v) is 6.60. The largest absolute Gasteiger partial charge is 0.330 e. The third kappa shape index (κ3) is 1.34. The van der Waals surface area contributed by atoms with Gasteiger partial charge in [0.2, 0.25) is 0 Å². The number of hydrogen-bond acceptors (Lipinski definition) is 1. The predicted octanol–water partition coefficient (Wildman–Crippen LogP) is 1.92. The molecule has 0 saturated heterocycles. The van der Waals surface area contributed by atoms with Crippen LogP contribution in [0.4, 0.5) is 0 Å². The highest BCUT2D eigenvalue weighted by molar-refractivity contribution is 4.96. The molecule has 1 heteroatoms. The summed E-state index contributed by atoms with van der Waals surface area (Å²) in [6.07, 6.45) is 8.76. The molecule has 0 radical (unpaired) electrons. The molecule has 0 unspecified atom stereocenters. The second kappa shape index (κ2) is 2.23. The van der Waals surface area contributed by atoms with Crippen LogP contribution < -0.4 is 5.73 Å². The topological polar surface area (TPSA) is 26.0 Å². The van der Waals surface area contributed by atoms with E-state index >= 15 is 0 Å². The van der Waals surface area contributed by atoms with Crippen molar-refractivity contribution in [1.29, 1.82) is 0 Å². The first kappa shape index (κ1) is 6.66. The Kier molecular flexibility index (Phi) is 1.48. The van der Waals surface area contributed by atoms with E-state index < -0.39 is 0 Å². The average Bonchev–Trinajstić information content (AvgIpc) is 2.73. The summed E-state index contributed by atoms with van der Waals surface area (Å²) in [5.41, 5.74) is 6.31. The van der Waals surface area contributed by atoms with E-state index in [4.69, 9.17) is 5.73 Å². The van der Waals surface area contributed by atoms with Gasteiger partial charge in [0.25, 0.3) is 0 Å². The maximum Gasteiger partial charge on any atom is -0.00720 e. The molecule has 0 aromatic heterocycles. The van der Waals surface area contributed by atoms with Gasteiger partial charge in [0.05, 0.1) is 0 Å². The summed E-state index contributed by atoms with van der Waals surface area (Å²) < 4.78 is 0. The minimum Gasteiger partial charge on any atom is -0.330 e. The first-order valence-corrected chi connectivity index (χ1v) is 4.55. The summed E-state index contributed by atoms with van der Waals surface area (Å²) in [7, 11) is 0. The van der Waals surface area contributed by atoms with Crippen LogP contribution in [0.2, 0.25) is 0 Å². The summed E-state index contributed by atoms with van der Waals surface area (Å²) in [6.45, 7) is 0.909. The van der Waals surface area contributed by atoms with Crippen molar-refractivity contribution in [2.24, 2.45) is 17.1 Å². The molecule has 10 heavy (non-hydrogen) atoms. The summed E-state index contributed by atoms with van der Waals surface area (Å²) in [6, 6.07) is 0. The maximum atomic E-state index is 5.55. The van der Waals surface area contributed by atoms with E-state index in [0.717, 1.165) is 17.9 Å². The lowest BCUT2D eigenvalue weighted by atomic mass is 9.95. The molecule has 0 aromatic carbocycles. The Morgan fingerprint density at radius 3 is 2.40 bits per heavy atom. The zero-order valence-electron chi connectivity index (χ0n) is 6.60. The molecular formula is C9H17N. The number of rotatable bonds is 4. The van der Waals surface area contributed by atoms with Gasteiger partial charge in [-0.25, -0.2) is 0 Å². The van der Waals surface area contributed by atoms with E-state index in [9.17, 15) is 0 Å². The van der Waals surface area contributed by atoms with Crippen molar-refractivity contribution in [2.75, 3.05) is 6.54 Å². The Bertz CT molecular complexity index is 123. The smallest absolute Gasteiger partial charge is 0.00720 e. The normalized spacial score (nSPS) is 28.5. The van der Waals surface area contributed by atoms with Gasteiger partial charge in [0, 0.05) is 0 Å². The van der Waals surface area contributed by atoms with Crippen LogP contribution in [-0.2, 0) is 0 Å². The third-order valence-corrected chi connectivity index (χ3v) is 3.05. The Balaban J connectivity index is 1.76. The lowest BCUT2D eigenvalue weighted by Gasteiger charge is -2.11. The van der Waals surface area contributed by atoms with E-state index in [-0.39, 0.29) is 0 Å². The number of hydrogen-bond donors (Lipinski definition) is 1. The van der Waals surface area contributed by atoms with E-state index in [2.05, 4.69) is 0 Å². The van der Waals surface area contributed by atoms with Crippen molar-refractivity contribution in [2.45, 2.75) is 38.5 Å². The van der Waals surface area contributed by atoms with Gasteiger partial charge in [0.1, 0.15) is 0 Å². The van der Waals surface area contributed by atoms with E-state index in [1.807, 2.05) is 0 Å². The van der Waals surface area contributed by atoms with Gasteiger partial charge < -0.3 is 5.73 Å². The predicted molar refractivity (Wildman–Crippen MR) is 42.7 cm³/mol. The van der Waals surface area contributed by atoms with Crippen LogP contribution in [0.1, 0.15) is 38.5 Å². The fraction of sp³-hybridized carbons (Fsp3) is 1.00. The molecular weight excluding hydrogens is 122 g/mol. The molecule has 0 heterocycles. The second-order valence-electron chi connectivity index (χ2n) is 4.19. The fourth-order valence-corrected chi connectivity index (χ4v) is 1.97. The van der Waals surface area contributed by atoms with Crippen molar-refractivity contribution in [1.82, 2.24) is 0 Å². The van der Waals surface area contributed by atoms with E-state index in [0.29, 0.717) is 0 Å². The van der Waals surface area contributed by atoms with Crippen molar-refractivity contribution in [3.05, 3.63) is 0 Å². The summed E-state index contributed by atoms with van der Waals surface area (Å²) in [5, 5.41) is 0. The molecule has 1 nitrogen and oxygen atoms in total. The van der Waals surface area contributed by atoms with E-state index in [1.165, 1.54) is 38.5 Å². The molecule has 2 aliphatic carbocycles. The molecule has 2 aliphatic rings. The second-order valence-corrected chi connectivity index (χ2v) is 4.19. The molecule has 0 atom stereocenters. The maximum absolute atomic E-state index is 5.55. The van der Waals surface area contributed by atoms with Gasteiger partial charge in [-0.15, -0.1) is 0 Å². The van der Waals surface area contributed by atoms with Crippen LogP contribution in [0.5, 0.6) is 0 Å². The van der Waals surface area contributed by atoms with Crippen LogP contribution in [0.3, 0.4) is 0 Å². The third-order valence-electron chi connectivity index (χ3n) is 3.05. The SMILES string of the molecule is NCCC1(CC2CC2)CC1. The molecule has 58 valence electrons. The van der Waals surface area contributed by atoms with Gasteiger partial charge >= 0.3 is 0 Å². The quantitative estimate of drug-likeness (QED) is 0.632. The van der Waals surface area contributed by atoms with Crippen LogP contribution in [0.15, 0.2) is 0 Å². The Hall–Kier alpha value is -0.0400. The molecule has 2 saturated carbocycles. The van der Waals surface area contributed by atoms with Crippen molar-refractivity contribution >= 4 is 0 Å². The highest BCUT2D eigenvalue weighted by Gasteiger charge is 2.44. The Morgan fingerprint density at radius 1 is 1.30 bits per heavy atom. The lowest BCUT2D eigenvalue weighted by Crippen LogP contribution is -2.09. The highest BCUT2D eigenvalue weighted by atomic mass is 14.6. The molecule has 2 N–H and O–H groups in total. The first-order valence-electron chi connectivity index (χ1n) is 4.55.